The van der Waals surface area contributed by atoms with Gasteiger partial charge in [-0.1, -0.05) is 17.7 Å². The molecule has 8 heteroatoms. The van der Waals surface area contributed by atoms with Crippen molar-refractivity contribution in [3.63, 3.8) is 0 Å². The minimum Gasteiger partial charge on any atom is -0.495 e. The number of hydrazone groups is 1. The molecular formula is C18H15ClN4O2S. The molecular weight excluding hydrogens is 372 g/mol. The number of aromatic nitrogens is 2. The molecule has 1 aliphatic heterocycles. The number of benzene rings is 2. The van der Waals surface area contributed by atoms with Crippen molar-refractivity contribution in [2.24, 2.45) is 5.10 Å². The molecule has 3 aromatic rings. The molecule has 26 heavy (non-hydrogen) atoms. The molecule has 2 aromatic carbocycles. The van der Waals surface area contributed by atoms with Gasteiger partial charge in [-0.3, -0.25) is 4.79 Å². The van der Waals surface area contributed by atoms with Crippen molar-refractivity contribution in [3.8, 4) is 5.75 Å². The van der Waals surface area contributed by atoms with Crippen LogP contribution in [0, 0.1) is 0 Å². The first-order valence-electron chi connectivity index (χ1n) is 8.07. The molecule has 0 radical (unpaired) electrons. The molecule has 4 rings (SSSR count). The van der Waals surface area contributed by atoms with Gasteiger partial charge in [0.15, 0.2) is 0 Å². The minimum absolute atomic E-state index is 0.0397. The van der Waals surface area contributed by atoms with Crippen LogP contribution in [-0.2, 0) is 11.2 Å². The molecule has 1 aromatic heterocycles. The van der Waals surface area contributed by atoms with E-state index < -0.39 is 0 Å². The minimum atomic E-state index is -0.0397. The van der Waals surface area contributed by atoms with Crippen LogP contribution in [0.4, 0.5) is 0 Å². The highest BCUT2D eigenvalue weighted by Crippen LogP contribution is 2.27. The van der Waals surface area contributed by atoms with Crippen LogP contribution in [0.3, 0.4) is 0 Å². The normalized spacial score (nSPS) is 13.9. The van der Waals surface area contributed by atoms with Gasteiger partial charge in [0, 0.05) is 6.42 Å². The standard InChI is InChI=1S/C18H15ClN4O2S/c1-25-17-5-3-12(10-13(17)19)14-6-7-23(20-14)18(24)9-11-2-4-15-16(8-11)22-26-21-15/h2-5,8,10H,6-7,9H2,1H3. The molecule has 0 aliphatic carbocycles. The molecule has 0 saturated heterocycles. The summed E-state index contributed by atoms with van der Waals surface area (Å²) in [5.74, 6) is 0.580. The zero-order chi connectivity index (χ0) is 18.1. The van der Waals surface area contributed by atoms with Crippen molar-refractivity contribution in [2.45, 2.75) is 12.8 Å². The molecule has 0 N–H and O–H groups in total. The number of carbonyl (C=O) groups is 1. The Morgan fingerprint density at radius 2 is 2.08 bits per heavy atom. The third-order valence-corrected chi connectivity index (χ3v) is 5.10. The van der Waals surface area contributed by atoms with E-state index in [-0.39, 0.29) is 12.3 Å². The van der Waals surface area contributed by atoms with Crippen LogP contribution in [0.5, 0.6) is 5.75 Å². The molecule has 1 aliphatic rings. The molecule has 0 unspecified atom stereocenters. The quantitative estimate of drug-likeness (QED) is 0.687. The lowest BCUT2D eigenvalue weighted by atomic mass is 10.1. The molecule has 0 bridgehead atoms. The predicted octanol–water partition coefficient (Wildman–Crippen LogP) is 3.53. The van der Waals surface area contributed by atoms with Gasteiger partial charge in [0.1, 0.15) is 16.8 Å². The first kappa shape index (κ1) is 16.9. The first-order chi connectivity index (χ1) is 12.6. The van der Waals surface area contributed by atoms with Crippen molar-refractivity contribution in [3.05, 3.63) is 52.5 Å². The number of carbonyl (C=O) groups excluding carboxylic acids is 1. The number of halogens is 1. The molecule has 0 spiro atoms. The Kier molecular flexibility index (Phi) is 4.57. The van der Waals surface area contributed by atoms with Gasteiger partial charge in [0.05, 0.1) is 42.5 Å². The molecule has 1 amide bonds. The summed E-state index contributed by atoms with van der Waals surface area (Å²) in [6.07, 6.45) is 0.983. The maximum atomic E-state index is 12.6. The van der Waals surface area contributed by atoms with Crippen LogP contribution in [0.25, 0.3) is 11.0 Å². The van der Waals surface area contributed by atoms with Gasteiger partial charge in [-0.2, -0.15) is 13.8 Å². The number of methoxy groups -OCH3 is 1. The number of nitrogens with zero attached hydrogens (tertiary/aromatic N) is 4. The van der Waals surface area contributed by atoms with Gasteiger partial charge >= 0.3 is 0 Å². The predicted molar refractivity (Wildman–Crippen MR) is 102 cm³/mol. The topological polar surface area (TPSA) is 67.7 Å². The summed E-state index contributed by atoms with van der Waals surface area (Å²) in [5.41, 5.74) is 4.33. The SMILES string of the molecule is COc1ccc(C2=NN(C(=O)Cc3ccc4nsnc4c3)CC2)cc1Cl. The molecule has 0 atom stereocenters. The summed E-state index contributed by atoms with van der Waals surface area (Å²) >= 11 is 7.35. The Bertz CT molecular complexity index is 1020. The van der Waals surface area contributed by atoms with E-state index in [2.05, 4.69) is 13.8 Å². The van der Waals surface area contributed by atoms with Crippen molar-refractivity contribution >= 4 is 46.0 Å². The van der Waals surface area contributed by atoms with Gasteiger partial charge in [-0.15, -0.1) is 0 Å². The second kappa shape index (κ2) is 7.01. The fraction of sp³-hybridized carbons (Fsp3) is 0.222. The van der Waals surface area contributed by atoms with Crippen LogP contribution in [0.1, 0.15) is 17.5 Å². The molecule has 132 valence electrons. The highest BCUT2D eigenvalue weighted by molar-refractivity contribution is 7.00. The summed E-state index contributed by atoms with van der Waals surface area (Å²) in [7, 11) is 1.58. The molecule has 0 fully saturated rings. The fourth-order valence-electron chi connectivity index (χ4n) is 2.89. The van der Waals surface area contributed by atoms with E-state index >= 15 is 0 Å². The summed E-state index contributed by atoms with van der Waals surface area (Å²) in [4.78, 5) is 12.6. The van der Waals surface area contributed by atoms with E-state index in [1.54, 1.807) is 7.11 Å². The molecule has 6 nitrogen and oxygen atoms in total. The number of rotatable bonds is 4. The lowest BCUT2D eigenvalue weighted by Crippen LogP contribution is -2.25. The van der Waals surface area contributed by atoms with Crippen LogP contribution in [0.2, 0.25) is 5.02 Å². The van der Waals surface area contributed by atoms with E-state index in [1.165, 1.54) is 16.7 Å². The average molecular weight is 387 g/mol. The Labute approximate surface area is 159 Å². The van der Waals surface area contributed by atoms with Crippen molar-refractivity contribution in [1.29, 1.82) is 0 Å². The van der Waals surface area contributed by atoms with E-state index in [4.69, 9.17) is 16.3 Å². The molecule has 0 saturated carbocycles. The van der Waals surface area contributed by atoms with E-state index in [9.17, 15) is 4.79 Å². The van der Waals surface area contributed by atoms with Crippen LogP contribution in [0.15, 0.2) is 41.5 Å². The van der Waals surface area contributed by atoms with Crippen molar-refractivity contribution in [1.82, 2.24) is 13.8 Å². The third-order valence-electron chi connectivity index (χ3n) is 4.25. The highest BCUT2D eigenvalue weighted by atomic mass is 35.5. The number of ether oxygens (including phenoxy) is 1. The average Bonchev–Trinajstić information content (AvgIpc) is 3.30. The van der Waals surface area contributed by atoms with Crippen LogP contribution >= 0.6 is 23.3 Å². The van der Waals surface area contributed by atoms with E-state index in [0.717, 1.165) is 27.9 Å². The van der Waals surface area contributed by atoms with Gasteiger partial charge in [0.2, 0.25) is 5.91 Å². The zero-order valence-electron chi connectivity index (χ0n) is 14.0. The lowest BCUT2D eigenvalue weighted by molar-refractivity contribution is -0.130. The summed E-state index contributed by atoms with van der Waals surface area (Å²) in [6.45, 7) is 0.568. The van der Waals surface area contributed by atoms with Gasteiger partial charge in [-0.05, 0) is 41.5 Å². The number of hydrogen-bond acceptors (Lipinski definition) is 6. The summed E-state index contributed by atoms with van der Waals surface area (Å²) in [6, 6.07) is 11.2. The Morgan fingerprint density at radius 3 is 2.88 bits per heavy atom. The van der Waals surface area contributed by atoms with Gasteiger partial charge in [-0.25, -0.2) is 5.01 Å². The highest BCUT2D eigenvalue weighted by Gasteiger charge is 2.22. The van der Waals surface area contributed by atoms with Crippen molar-refractivity contribution < 1.29 is 9.53 Å². The summed E-state index contributed by atoms with van der Waals surface area (Å²) < 4.78 is 13.6. The largest absolute Gasteiger partial charge is 0.495 e. The summed E-state index contributed by atoms with van der Waals surface area (Å²) in [5, 5.41) is 6.53. The van der Waals surface area contributed by atoms with E-state index in [0.29, 0.717) is 23.7 Å². The zero-order valence-corrected chi connectivity index (χ0v) is 15.5. The van der Waals surface area contributed by atoms with Crippen LogP contribution in [-0.4, -0.2) is 39.0 Å². The third kappa shape index (κ3) is 3.27. The second-order valence-electron chi connectivity index (χ2n) is 5.93. The smallest absolute Gasteiger partial charge is 0.247 e. The second-order valence-corrected chi connectivity index (χ2v) is 6.86. The van der Waals surface area contributed by atoms with Crippen LogP contribution < -0.4 is 4.74 Å². The fourth-order valence-corrected chi connectivity index (χ4v) is 3.66. The number of hydrogen-bond donors (Lipinski definition) is 0. The Morgan fingerprint density at radius 1 is 1.23 bits per heavy atom. The first-order valence-corrected chi connectivity index (χ1v) is 9.18. The van der Waals surface area contributed by atoms with Crippen molar-refractivity contribution in [2.75, 3.05) is 13.7 Å². The number of fused-ring (bicyclic) bond motifs is 1. The monoisotopic (exact) mass is 386 g/mol. The van der Waals surface area contributed by atoms with E-state index in [1.807, 2.05) is 36.4 Å². The molecule has 2 heterocycles. The van der Waals surface area contributed by atoms with Gasteiger partial charge in [0.25, 0.3) is 0 Å². The lowest BCUT2D eigenvalue weighted by Gasteiger charge is -2.11. The van der Waals surface area contributed by atoms with Gasteiger partial charge < -0.3 is 4.74 Å². The Hall–Kier alpha value is -2.51. The maximum Gasteiger partial charge on any atom is 0.247 e. The number of amides is 1. The Balaban J connectivity index is 1.49. The maximum absolute atomic E-state index is 12.6.